The number of hydrogen-bond donors (Lipinski definition) is 2. The zero-order valence-electron chi connectivity index (χ0n) is 14.9. The molecule has 0 heterocycles. The van der Waals surface area contributed by atoms with Crippen LogP contribution in [0.15, 0.2) is 36.4 Å². The molecule has 0 bridgehead atoms. The molecule has 0 unspecified atom stereocenters. The van der Waals surface area contributed by atoms with E-state index in [1.165, 1.54) is 17.7 Å². The lowest BCUT2D eigenvalue weighted by Crippen LogP contribution is -2.31. The minimum Gasteiger partial charge on any atom is -0.507 e. The largest absolute Gasteiger partial charge is 0.507 e. The van der Waals surface area contributed by atoms with Crippen molar-refractivity contribution in [2.75, 3.05) is 6.61 Å². The van der Waals surface area contributed by atoms with Crippen LogP contribution in [0.1, 0.15) is 45.6 Å². The maximum atomic E-state index is 12.0. The molecule has 2 rings (SSSR count). The molecular weight excluding hydrogens is 318 g/mol. The highest BCUT2D eigenvalue weighted by molar-refractivity contribution is 5.94. The molecule has 2 aromatic rings. The third-order valence-electron chi connectivity index (χ3n) is 4.12. The molecule has 25 heavy (non-hydrogen) atoms. The number of aryl methyl sites for hydroxylation is 3. The van der Waals surface area contributed by atoms with Gasteiger partial charge < -0.3 is 15.2 Å². The molecular formula is C20H23NO4. The van der Waals surface area contributed by atoms with Crippen LogP contribution in [0.5, 0.6) is 5.75 Å². The number of benzene rings is 2. The average molecular weight is 341 g/mol. The molecule has 0 saturated carbocycles. The van der Waals surface area contributed by atoms with Crippen molar-refractivity contribution in [2.45, 2.75) is 33.7 Å². The van der Waals surface area contributed by atoms with Gasteiger partial charge in [0.2, 0.25) is 0 Å². The summed E-state index contributed by atoms with van der Waals surface area (Å²) in [6, 6.07) is 10.4. The van der Waals surface area contributed by atoms with Crippen LogP contribution in [0.2, 0.25) is 0 Å². The highest BCUT2D eigenvalue weighted by Gasteiger charge is 2.16. The predicted molar refractivity (Wildman–Crippen MR) is 95.6 cm³/mol. The maximum Gasteiger partial charge on any atom is 0.342 e. The lowest BCUT2D eigenvalue weighted by molar-refractivity contribution is -0.124. The van der Waals surface area contributed by atoms with E-state index >= 15 is 0 Å². The summed E-state index contributed by atoms with van der Waals surface area (Å²) in [5.74, 6) is -1.29. The van der Waals surface area contributed by atoms with E-state index in [1.807, 2.05) is 39.0 Å². The Balaban J connectivity index is 1.91. The third-order valence-corrected chi connectivity index (χ3v) is 4.12. The first-order chi connectivity index (χ1) is 11.8. The van der Waals surface area contributed by atoms with Crippen molar-refractivity contribution >= 4 is 11.9 Å². The molecule has 132 valence electrons. The molecule has 2 N–H and O–H groups in total. The van der Waals surface area contributed by atoms with Gasteiger partial charge >= 0.3 is 5.97 Å². The summed E-state index contributed by atoms with van der Waals surface area (Å²) >= 11 is 0. The van der Waals surface area contributed by atoms with E-state index in [9.17, 15) is 14.7 Å². The van der Waals surface area contributed by atoms with E-state index in [0.717, 1.165) is 16.7 Å². The predicted octanol–water partition coefficient (Wildman–Crippen LogP) is 3.35. The molecule has 5 nitrogen and oxygen atoms in total. The fraction of sp³-hybridized carbons (Fsp3) is 0.300. The van der Waals surface area contributed by atoms with Gasteiger partial charge in [0.25, 0.3) is 5.91 Å². The quantitative estimate of drug-likeness (QED) is 0.818. The average Bonchev–Trinajstić information content (AvgIpc) is 2.55. The van der Waals surface area contributed by atoms with E-state index in [0.29, 0.717) is 0 Å². The van der Waals surface area contributed by atoms with E-state index in [1.54, 1.807) is 13.0 Å². The lowest BCUT2D eigenvalue weighted by Gasteiger charge is -2.16. The lowest BCUT2D eigenvalue weighted by atomic mass is 10.0. The highest BCUT2D eigenvalue weighted by atomic mass is 16.5. The van der Waals surface area contributed by atoms with Gasteiger partial charge in [-0.1, -0.05) is 24.3 Å². The van der Waals surface area contributed by atoms with Crippen molar-refractivity contribution in [3.63, 3.8) is 0 Å². The number of carbonyl (C=O) groups is 2. The number of nitrogens with one attached hydrogen (secondary N) is 1. The second kappa shape index (κ2) is 7.83. The molecule has 1 atom stereocenters. The van der Waals surface area contributed by atoms with E-state index < -0.39 is 18.5 Å². The first-order valence-electron chi connectivity index (χ1n) is 8.11. The van der Waals surface area contributed by atoms with Crippen molar-refractivity contribution in [2.24, 2.45) is 0 Å². The Morgan fingerprint density at radius 2 is 1.80 bits per heavy atom. The monoisotopic (exact) mass is 341 g/mol. The Hall–Kier alpha value is -2.82. The van der Waals surface area contributed by atoms with Crippen molar-refractivity contribution in [3.05, 3.63) is 64.2 Å². The molecule has 0 aliphatic rings. The summed E-state index contributed by atoms with van der Waals surface area (Å²) in [7, 11) is 0. The number of ether oxygens (including phenoxy) is 1. The van der Waals surface area contributed by atoms with Gasteiger partial charge in [-0.2, -0.15) is 0 Å². The summed E-state index contributed by atoms with van der Waals surface area (Å²) in [6.45, 7) is 7.32. The molecule has 0 saturated heterocycles. The molecule has 0 aromatic heterocycles. The van der Waals surface area contributed by atoms with Gasteiger partial charge in [0.15, 0.2) is 6.61 Å². The number of amides is 1. The first kappa shape index (κ1) is 18.5. The number of hydrogen-bond acceptors (Lipinski definition) is 4. The number of carbonyl (C=O) groups excluding carboxylic acids is 2. The van der Waals surface area contributed by atoms with Crippen molar-refractivity contribution in [3.8, 4) is 5.75 Å². The minimum atomic E-state index is -0.730. The van der Waals surface area contributed by atoms with E-state index in [4.69, 9.17) is 4.74 Å². The molecule has 0 aliphatic heterocycles. The third kappa shape index (κ3) is 4.83. The normalized spacial score (nSPS) is 11.7. The van der Waals surface area contributed by atoms with Gasteiger partial charge in [-0.3, -0.25) is 4.79 Å². The summed E-state index contributed by atoms with van der Waals surface area (Å²) in [6.07, 6.45) is 0. The number of aromatic hydroxyl groups is 1. The summed E-state index contributed by atoms with van der Waals surface area (Å²) in [5.41, 5.74) is 4.20. The number of phenols is 1. The molecule has 0 spiro atoms. The molecule has 1 amide bonds. The Morgan fingerprint density at radius 3 is 2.44 bits per heavy atom. The Labute approximate surface area is 147 Å². The van der Waals surface area contributed by atoms with Gasteiger partial charge in [0.1, 0.15) is 11.3 Å². The first-order valence-corrected chi connectivity index (χ1v) is 8.11. The van der Waals surface area contributed by atoms with E-state index in [2.05, 4.69) is 5.32 Å². The Morgan fingerprint density at radius 1 is 1.08 bits per heavy atom. The summed E-state index contributed by atoms with van der Waals surface area (Å²) < 4.78 is 4.98. The van der Waals surface area contributed by atoms with Gasteiger partial charge in [-0.25, -0.2) is 4.79 Å². The van der Waals surface area contributed by atoms with Crippen LogP contribution in [-0.4, -0.2) is 23.6 Å². The van der Waals surface area contributed by atoms with Gasteiger partial charge in [0, 0.05) is 0 Å². The van der Waals surface area contributed by atoms with Crippen LogP contribution >= 0.6 is 0 Å². The number of phenolic OH excluding ortho intramolecular Hbond substituents is 1. The Kier molecular flexibility index (Phi) is 5.80. The molecule has 0 radical (unpaired) electrons. The fourth-order valence-corrected chi connectivity index (χ4v) is 2.42. The minimum absolute atomic E-state index is 0.0422. The highest BCUT2D eigenvalue weighted by Crippen LogP contribution is 2.19. The SMILES string of the molecule is Cc1ccc(C(=O)OCC(=O)N[C@H](C)c2ccc(C)c(C)c2)c(O)c1. The van der Waals surface area contributed by atoms with Gasteiger partial charge in [-0.15, -0.1) is 0 Å². The standard InChI is InChI=1S/C20H23NO4/c1-12-5-8-17(18(22)9-12)20(24)25-11-19(23)21-15(4)16-7-6-13(2)14(3)10-16/h5-10,15,22H,11H2,1-4H3,(H,21,23)/t15-/m1/s1. The second-order valence-electron chi connectivity index (χ2n) is 6.23. The topological polar surface area (TPSA) is 75.6 Å². The van der Waals surface area contributed by atoms with Crippen LogP contribution in [0.4, 0.5) is 0 Å². The molecule has 0 aliphatic carbocycles. The van der Waals surface area contributed by atoms with Crippen LogP contribution in [0.3, 0.4) is 0 Å². The maximum absolute atomic E-state index is 12.0. The smallest absolute Gasteiger partial charge is 0.342 e. The van der Waals surface area contributed by atoms with Crippen LogP contribution in [0.25, 0.3) is 0 Å². The summed E-state index contributed by atoms with van der Waals surface area (Å²) in [5, 5.41) is 12.6. The number of rotatable bonds is 5. The van der Waals surface area contributed by atoms with Crippen LogP contribution in [0, 0.1) is 20.8 Å². The van der Waals surface area contributed by atoms with E-state index in [-0.39, 0.29) is 17.4 Å². The molecule has 5 heteroatoms. The fourth-order valence-electron chi connectivity index (χ4n) is 2.42. The van der Waals surface area contributed by atoms with Crippen LogP contribution in [-0.2, 0) is 9.53 Å². The van der Waals surface area contributed by atoms with Gasteiger partial charge in [0.05, 0.1) is 6.04 Å². The van der Waals surface area contributed by atoms with Crippen molar-refractivity contribution in [1.29, 1.82) is 0 Å². The second-order valence-corrected chi connectivity index (χ2v) is 6.23. The number of esters is 1. The van der Waals surface area contributed by atoms with Crippen molar-refractivity contribution < 1.29 is 19.4 Å². The zero-order chi connectivity index (χ0) is 18.6. The Bertz CT molecular complexity index is 798. The molecule has 2 aromatic carbocycles. The van der Waals surface area contributed by atoms with Gasteiger partial charge in [-0.05, 0) is 62.1 Å². The summed E-state index contributed by atoms with van der Waals surface area (Å²) in [4.78, 5) is 24.0. The van der Waals surface area contributed by atoms with Crippen molar-refractivity contribution in [1.82, 2.24) is 5.32 Å². The zero-order valence-corrected chi connectivity index (χ0v) is 14.9. The van der Waals surface area contributed by atoms with Crippen LogP contribution < -0.4 is 5.32 Å². The molecule has 0 fully saturated rings.